The molecule has 19 heavy (non-hydrogen) atoms. The summed E-state index contributed by atoms with van der Waals surface area (Å²) in [5, 5.41) is 8.89. The van der Waals surface area contributed by atoms with E-state index in [1.807, 2.05) is 6.07 Å². The number of aromatic nitrogens is 1. The van der Waals surface area contributed by atoms with E-state index in [4.69, 9.17) is 10.00 Å². The Morgan fingerprint density at radius 1 is 1.42 bits per heavy atom. The van der Waals surface area contributed by atoms with Gasteiger partial charge < -0.3 is 4.74 Å². The molecule has 3 atom stereocenters. The lowest BCUT2D eigenvalue weighted by Crippen LogP contribution is -2.38. The molecule has 2 fully saturated rings. The van der Waals surface area contributed by atoms with Gasteiger partial charge in [0.15, 0.2) is 0 Å². The lowest BCUT2D eigenvalue weighted by atomic mass is 9.70. The predicted octanol–water partition coefficient (Wildman–Crippen LogP) is 3.55. The topological polar surface area (TPSA) is 45.9 Å². The highest BCUT2D eigenvalue weighted by atomic mass is 16.5. The number of hydrogen-bond donors (Lipinski definition) is 0. The van der Waals surface area contributed by atoms with Gasteiger partial charge in [-0.25, -0.2) is 4.98 Å². The van der Waals surface area contributed by atoms with E-state index in [2.05, 4.69) is 31.8 Å². The summed E-state index contributed by atoms with van der Waals surface area (Å²) < 4.78 is 6.20. The Balaban J connectivity index is 1.84. The second-order valence-corrected chi connectivity index (χ2v) is 6.71. The fraction of sp³-hybridized carbons (Fsp3) is 0.625. The van der Waals surface area contributed by atoms with Gasteiger partial charge in [0.25, 0.3) is 0 Å². The summed E-state index contributed by atoms with van der Waals surface area (Å²) in [4.78, 5) is 3.99. The van der Waals surface area contributed by atoms with Crippen LogP contribution in [0.15, 0.2) is 18.3 Å². The van der Waals surface area contributed by atoms with Crippen LogP contribution in [0, 0.1) is 28.1 Å². The van der Waals surface area contributed by atoms with Crippen molar-refractivity contribution in [3.05, 3.63) is 24.0 Å². The standard InChI is InChI=1S/C16H20N2O/c1-15(2)11-4-6-16(15,3)14(8-11)19-13-5-7-18-12(9-13)10-17/h5,7,9,11,14H,4,6,8H2,1-3H3. The molecule has 3 nitrogen and oxygen atoms in total. The normalized spacial score (nSPS) is 35.1. The Hall–Kier alpha value is -1.56. The molecule has 1 aromatic heterocycles. The van der Waals surface area contributed by atoms with Crippen molar-refractivity contribution in [2.45, 2.75) is 46.1 Å². The van der Waals surface area contributed by atoms with Crippen LogP contribution in [-0.4, -0.2) is 11.1 Å². The third-order valence-corrected chi connectivity index (χ3v) is 5.84. The van der Waals surface area contributed by atoms with E-state index in [-0.39, 0.29) is 11.5 Å². The van der Waals surface area contributed by atoms with Crippen LogP contribution in [0.25, 0.3) is 0 Å². The molecule has 3 rings (SSSR count). The molecule has 2 aliphatic carbocycles. The van der Waals surface area contributed by atoms with Gasteiger partial charge in [-0.3, -0.25) is 0 Å². The summed E-state index contributed by atoms with van der Waals surface area (Å²) >= 11 is 0. The number of fused-ring (bicyclic) bond motifs is 2. The van der Waals surface area contributed by atoms with E-state index in [0.717, 1.165) is 18.1 Å². The smallest absolute Gasteiger partial charge is 0.144 e. The van der Waals surface area contributed by atoms with Crippen LogP contribution in [0.3, 0.4) is 0 Å². The first kappa shape index (κ1) is 12.5. The van der Waals surface area contributed by atoms with Gasteiger partial charge in [-0.1, -0.05) is 20.8 Å². The number of pyridine rings is 1. The molecule has 3 unspecified atom stereocenters. The van der Waals surface area contributed by atoms with Gasteiger partial charge in [0, 0.05) is 17.7 Å². The maximum absolute atomic E-state index is 8.89. The summed E-state index contributed by atoms with van der Waals surface area (Å²) in [5.41, 5.74) is 1.02. The Bertz CT molecular complexity index is 546. The monoisotopic (exact) mass is 256 g/mol. The highest BCUT2D eigenvalue weighted by Crippen LogP contribution is 2.66. The molecule has 0 aromatic carbocycles. The molecule has 2 bridgehead atoms. The minimum Gasteiger partial charge on any atom is -0.490 e. The first-order valence-corrected chi connectivity index (χ1v) is 7.00. The molecule has 0 spiro atoms. The predicted molar refractivity (Wildman–Crippen MR) is 72.6 cm³/mol. The van der Waals surface area contributed by atoms with Crippen LogP contribution in [0.1, 0.15) is 45.7 Å². The molecular formula is C16H20N2O. The summed E-state index contributed by atoms with van der Waals surface area (Å²) in [6.45, 7) is 7.11. The van der Waals surface area contributed by atoms with Crippen molar-refractivity contribution >= 4 is 0 Å². The van der Waals surface area contributed by atoms with Gasteiger partial charge >= 0.3 is 0 Å². The van der Waals surface area contributed by atoms with Gasteiger partial charge in [0.05, 0.1) is 0 Å². The summed E-state index contributed by atoms with van der Waals surface area (Å²) in [6, 6.07) is 5.65. The number of hydrogen-bond acceptors (Lipinski definition) is 3. The highest BCUT2D eigenvalue weighted by molar-refractivity contribution is 5.30. The number of nitriles is 1. The lowest BCUT2D eigenvalue weighted by Gasteiger charge is -2.38. The van der Waals surface area contributed by atoms with Crippen molar-refractivity contribution in [1.29, 1.82) is 5.26 Å². The van der Waals surface area contributed by atoms with Crippen molar-refractivity contribution < 1.29 is 4.74 Å². The molecule has 100 valence electrons. The first-order valence-electron chi connectivity index (χ1n) is 7.00. The highest BCUT2D eigenvalue weighted by Gasteiger charge is 2.62. The molecule has 0 saturated heterocycles. The maximum atomic E-state index is 8.89. The molecule has 1 heterocycles. The Morgan fingerprint density at radius 2 is 2.21 bits per heavy atom. The van der Waals surface area contributed by atoms with Crippen LogP contribution in [0.5, 0.6) is 5.75 Å². The number of rotatable bonds is 2. The molecule has 0 aliphatic heterocycles. The van der Waals surface area contributed by atoms with Crippen molar-refractivity contribution in [3.63, 3.8) is 0 Å². The summed E-state index contributed by atoms with van der Waals surface area (Å²) in [5.74, 6) is 1.54. The lowest BCUT2D eigenvalue weighted by molar-refractivity contribution is 0.0301. The molecular weight excluding hydrogens is 236 g/mol. The second-order valence-electron chi connectivity index (χ2n) is 6.71. The Morgan fingerprint density at radius 3 is 2.79 bits per heavy atom. The van der Waals surface area contributed by atoms with Crippen molar-refractivity contribution in [2.75, 3.05) is 0 Å². The summed E-state index contributed by atoms with van der Waals surface area (Å²) in [6.07, 6.45) is 5.60. The van der Waals surface area contributed by atoms with Crippen LogP contribution < -0.4 is 4.74 Å². The van der Waals surface area contributed by atoms with Crippen molar-refractivity contribution in [1.82, 2.24) is 4.98 Å². The van der Waals surface area contributed by atoms with Crippen LogP contribution >= 0.6 is 0 Å². The van der Waals surface area contributed by atoms with Gasteiger partial charge in [-0.15, -0.1) is 0 Å². The average Bonchev–Trinajstić information content (AvgIpc) is 2.72. The molecule has 0 radical (unpaired) electrons. The first-order chi connectivity index (χ1) is 8.97. The van der Waals surface area contributed by atoms with E-state index in [1.165, 1.54) is 12.8 Å². The van der Waals surface area contributed by atoms with E-state index >= 15 is 0 Å². The Kier molecular flexibility index (Phi) is 2.60. The van der Waals surface area contributed by atoms with Crippen LogP contribution in [-0.2, 0) is 0 Å². The second kappa shape index (κ2) is 3.96. The van der Waals surface area contributed by atoms with Crippen LogP contribution in [0.4, 0.5) is 0 Å². The fourth-order valence-corrected chi connectivity index (χ4v) is 4.02. The molecule has 2 saturated carbocycles. The van der Waals surface area contributed by atoms with Gasteiger partial charge in [-0.05, 0) is 36.7 Å². The van der Waals surface area contributed by atoms with E-state index in [1.54, 1.807) is 12.3 Å². The largest absolute Gasteiger partial charge is 0.490 e. The number of nitrogens with zero attached hydrogens (tertiary/aromatic N) is 2. The van der Waals surface area contributed by atoms with Crippen LogP contribution in [0.2, 0.25) is 0 Å². The zero-order valence-electron chi connectivity index (χ0n) is 11.8. The molecule has 0 amide bonds. The zero-order chi connectivity index (χ0) is 13.7. The summed E-state index contributed by atoms with van der Waals surface area (Å²) in [7, 11) is 0. The van der Waals surface area contributed by atoms with Gasteiger partial charge in [0.2, 0.25) is 0 Å². The third kappa shape index (κ3) is 1.66. The molecule has 3 heteroatoms. The third-order valence-electron chi connectivity index (χ3n) is 5.84. The minimum atomic E-state index is 0.244. The zero-order valence-corrected chi connectivity index (χ0v) is 11.8. The SMILES string of the molecule is CC1(C)C2CCC1(C)C(Oc1ccnc(C#N)c1)C2. The van der Waals surface area contributed by atoms with Crippen molar-refractivity contribution in [2.24, 2.45) is 16.7 Å². The molecule has 0 N–H and O–H groups in total. The van der Waals surface area contributed by atoms with Crippen molar-refractivity contribution in [3.8, 4) is 11.8 Å². The minimum absolute atomic E-state index is 0.244. The van der Waals surface area contributed by atoms with E-state index < -0.39 is 0 Å². The molecule has 2 aliphatic rings. The quantitative estimate of drug-likeness (QED) is 0.813. The van der Waals surface area contributed by atoms with E-state index in [9.17, 15) is 0 Å². The number of ether oxygens (including phenoxy) is 1. The molecule has 1 aromatic rings. The Labute approximate surface area is 114 Å². The average molecular weight is 256 g/mol. The van der Waals surface area contributed by atoms with Gasteiger partial charge in [0.1, 0.15) is 23.6 Å². The fourth-order valence-electron chi connectivity index (χ4n) is 4.02. The van der Waals surface area contributed by atoms with E-state index in [0.29, 0.717) is 11.1 Å². The maximum Gasteiger partial charge on any atom is 0.144 e. The van der Waals surface area contributed by atoms with Gasteiger partial charge in [-0.2, -0.15) is 5.26 Å².